The third-order valence-electron chi connectivity index (χ3n) is 7.19. The highest BCUT2D eigenvalue weighted by Gasteiger charge is 2.44. The van der Waals surface area contributed by atoms with Gasteiger partial charge in [-0.05, 0) is 74.4 Å². The van der Waals surface area contributed by atoms with Gasteiger partial charge in [-0.1, -0.05) is 37.5 Å². The predicted octanol–water partition coefficient (Wildman–Crippen LogP) is 6.61. The second-order valence-electron chi connectivity index (χ2n) is 9.98. The molecule has 1 aliphatic heterocycles. The molecule has 1 atom stereocenters. The van der Waals surface area contributed by atoms with Crippen molar-refractivity contribution in [3.05, 3.63) is 98.9 Å². The smallest absolute Gasteiger partial charge is 0.338 e. The van der Waals surface area contributed by atoms with Crippen molar-refractivity contribution in [2.24, 2.45) is 0 Å². The second kappa shape index (κ2) is 11.9. The molecular weight excluding hydrogens is 522 g/mol. The molecule has 1 amide bonds. The first kappa shape index (κ1) is 28.0. The number of aryl methyl sites for hydroxylation is 1. The lowest BCUT2D eigenvalue weighted by molar-refractivity contribution is 0.0526. The average molecular weight is 556 g/mol. The van der Waals surface area contributed by atoms with Gasteiger partial charge in [0, 0.05) is 5.69 Å². The van der Waals surface area contributed by atoms with E-state index in [0.717, 1.165) is 24.8 Å². The van der Waals surface area contributed by atoms with E-state index in [1.54, 1.807) is 62.6 Å². The summed E-state index contributed by atoms with van der Waals surface area (Å²) >= 11 is 0. The minimum absolute atomic E-state index is 0.00955. The number of amides is 1. The van der Waals surface area contributed by atoms with E-state index in [-0.39, 0.29) is 23.4 Å². The molecule has 8 heteroatoms. The van der Waals surface area contributed by atoms with Crippen LogP contribution in [0.15, 0.2) is 69.9 Å². The van der Waals surface area contributed by atoms with E-state index in [2.05, 4.69) is 6.92 Å². The van der Waals surface area contributed by atoms with Gasteiger partial charge in [0.25, 0.3) is 5.91 Å². The van der Waals surface area contributed by atoms with E-state index < -0.39 is 17.9 Å². The Morgan fingerprint density at radius 3 is 2.44 bits per heavy atom. The van der Waals surface area contributed by atoms with E-state index in [1.807, 2.05) is 19.1 Å². The van der Waals surface area contributed by atoms with Gasteiger partial charge in [-0.3, -0.25) is 14.5 Å². The molecule has 0 saturated carbocycles. The van der Waals surface area contributed by atoms with Crippen LogP contribution in [0.1, 0.15) is 76.8 Å². The minimum Gasteiger partial charge on any atom is -0.493 e. The molecule has 5 rings (SSSR count). The minimum atomic E-state index is -0.796. The van der Waals surface area contributed by atoms with Gasteiger partial charge in [0.1, 0.15) is 5.58 Å². The zero-order valence-electron chi connectivity index (χ0n) is 23.7. The second-order valence-corrected chi connectivity index (χ2v) is 9.98. The third kappa shape index (κ3) is 5.29. The number of anilines is 1. The summed E-state index contributed by atoms with van der Waals surface area (Å²) in [5.74, 6) is 0.170. The number of unbranched alkanes of at least 4 members (excludes halogenated alkanes) is 2. The molecule has 0 bridgehead atoms. The molecule has 3 aromatic carbocycles. The Balaban J connectivity index is 1.64. The number of rotatable bonds is 10. The van der Waals surface area contributed by atoms with Gasteiger partial charge in [0.05, 0.1) is 42.9 Å². The van der Waals surface area contributed by atoms with Crippen LogP contribution < -0.4 is 19.8 Å². The quantitative estimate of drug-likeness (QED) is 0.161. The molecule has 0 N–H and O–H groups in total. The lowest BCUT2D eigenvalue weighted by Crippen LogP contribution is -2.29. The summed E-state index contributed by atoms with van der Waals surface area (Å²) < 4.78 is 22.8. The van der Waals surface area contributed by atoms with Crippen molar-refractivity contribution >= 4 is 28.5 Å². The van der Waals surface area contributed by atoms with Crippen molar-refractivity contribution in [1.82, 2.24) is 0 Å². The van der Waals surface area contributed by atoms with Gasteiger partial charge in [-0.2, -0.15) is 0 Å². The molecule has 41 heavy (non-hydrogen) atoms. The molecular formula is C33H33NO7. The Morgan fingerprint density at radius 1 is 0.951 bits per heavy atom. The number of benzene rings is 3. The number of esters is 1. The maximum absolute atomic E-state index is 14.0. The Labute approximate surface area is 238 Å². The highest BCUT2D eigenvalue weighted by atomic mass is 16.5. The Bertz CT molecular complexity index is 1660. The number of hydrogen-bond donors (Lipinski definition) is 0. The number of ether oxygens (including phenoxy) is 3. The fraction of sp³-hybridized carbons (Fsp3) is 0.303. The first-order valence-electron chi connectivity index (χ1n) is 13.9. The number of nitrogens with zero attached hydrogens (tertiary/aromatic N) is 1. The van der Waals surface area contributed by atoms with Gasteiger partial charge in [0.2, 0.25) is 5.76 Å². The number of carbonyl (C=O) groups excluding carboxylic acids is 2. The number of fused-ring (bicyclic) bond motifs is 2. The molecule has 0 saturated heterocycles. The van der Waals surface area contributed by atoms with Gasteiger partial charge in [-0.25, -0.2) is 4.79 Å². The van der Waals surface area contributed by atoms with Gasteiger partial charge < -0.3 is 18.6 Å². The van der Waals surface area contributed by atoms with Gasteiger partial charge >= 0.3 is 5.97 Å². The van der Waals surface area contributed by atoms with Crippen LogP contribution in [0.3, 0.4) is 0 Å². The normalized spacial score (nSPS) is 14.3. The molecule has 1 unspecified atom stereocenters. The van der Waals surface area contributed by atoms with E-state index in [9.17, 15) is 14.4 Å². The molecule has 1 aromatic heterocycles. The van der Waals surface area contributed by atoms with Crippen molar-refractivity contribution in [3.8, 4) is 11.5 Å². The SMILES string of the molecule is CCCCCOc1ccc(C2c3c(oc4ccc(C)cc4c3=O)C(=O)N2c2ccc(C(=O)OCC)cc2)cc1OC. The lowest BCUT2D eigenvalue weighted by atomic mass is 9.97. The van der Waals surface area contributed by atoms with Crippen LogP contribution in [0, 0.1) is 6.92 Å². The first-order chi connectivity index (χ1) is 19.9. The molecule has 2 heterocycles. The van der Waals surface area contributed by atoms with Crippen LogP contribution in [0.2, 0.25) is 0 Å². The van der Waals surface area contributed by atoms with Crippen molar-refractivity contribution in [1.29, 1.82) is 0 Å². The Morgan fingerprint density at radius 2 is 1.73 bits per heavy atom. The summed E-state index contributed by atoms with van der Waals surface area (Å²) in [6.07, 6.45) is 3.07. The van der Waals surface area contributed by atoms with Gasteiger partial charge in [-0.15, -0.1) is 0 Å². The summed E-state index contributed by atoms with van der Waals surface area (Å²) in [7, 11) is 1.56. The van der Waals surface area contributed by atoms with Crippen molar-refractivity contribution in [2.75, 3.05) is 25.2 Å². The van der Waals surface area contributed by atoms with Crippen molar-refractivity contribution < 1.29 is 28.2 Å². The van der Waals surface area contributed by atoms with Crippen LogP contribution in [0.5, 0.6) is 11.5 Å². The molecule has 0 fully saturated rings. The van der Waals surface area contributed by atoms with E-state index >= 15 is 0 Å². The Hall–Kier alpha value is -4.59. The standard InChI is InChI=1S/C33H33NO7/c1-5-7-8-17-40-26-16-12-22(19-27(26)38-4)29-28-30(35)24-18-20(3)9-15-25(24)41-31(28)32(36)34(29)23-13-10-21(11-14-23)33(37)39-6-2/h9-16,18-19,29H,5-8,17H2,1-4H3. The molecule has 212 valence electrons. The number of methoxy groups -OCH3 is 1. The highest BCUT2D eigenvalue weighted by Crippen LogP contribution is 2.43. The van der Waals surface area contributed by atoms with E-state index in [1.165, 1.54) is 4.90 Å². The summed E-state index contributed by atoms with van der Waals surface area (Å²) in [5, 5.41) is 0.406. The van der Waals surface area contributed by atoms with Crippen LogP contribution in [0.25, 0.3) is 11.0 Å². The number of carbonyl (C=O) groups is 2. The summed E-state index contributed by atoms with van der Waals surface area (Å²) in [5.41, 5.74) is 2.75. The van der Waals surface area contributed by atoms with Gasteiger partial charge in [0.15, 0.2) is 16.9 Å². The highest BCUT2D eigenvalue weighted by molar-refractivity contribution is 6.11. The van der Waals surface area contributed by atoms with Crippen molar-refractivity contribution in [3.63, 3.8) is 0 Å². The summed E-state index contributed by atoms with van der Waals surface area (Å²) in [6, 6.07) is 16.5. The predicted molar refractivity (Wildman–Crippen MR) is 156 cm³/mol. The largest absolute Gasteiger partial charge is 0.493 e. The molecule has 0 radical (unpaired) electrons. The van der Waals surface area contributed by atoms with Crippen LogP contribution in [-0.2, 0) is 4.74 Å². The molecule has 0 aliphatic carbocycles. The monoisotopic (exact) mass is 555 g/mol. The maximum atomic E-state index is 14.0. The van der Waals surface area contributed by atoms with Crippen molar-refractivity contribution in [2.45, 2.75) is 46.1 Å². The zero-order chi connectivity index (χ0) is 29.1. The fourth-order valence-electron chi connectivity index (χ4n) is 5.15. The third-order valence-corrected chi connectivity index (χ3v) is 7.19. The lowest BCUT2D eigenvalue weighted by Gasteiger charge is -2.26. The maximum Gasteiger partial charge on any atom is 0.338 e. The van der Waals surface area contributed by atoms with E-state index in [0.29, 0.717) is 45.9 Å². The molecule has 8 nitrogen and oxygen atoms in total. The number of hydrogen-bond acceptors (Lipinski definition) is 7. The molecule has 1 aliphatic rings. The Kier molecular flexibility index (Phi) is 8.10. The summed E-state index contributed by atoms with van der Waals surface area (Å²) in [6.45, 7) is 6.58. The average Bonchev–Trinajstić information content (AvgIpc) is 3.28. The summed E-state index contributed by atoms with van der Waals surface area (Å²) in [4.78, 5) is 41.7. The topological polar surface area (TPSA) is 95.3 Å². The zero-order valence-corrected chi connectivity index (χ0v) is 23.7. The van der Waals surface area contributed by atoms with Crippen LogP contribution in [-0.4, -0.2) is 32.2 Å². The van der Waals surface area contributed by atoms with Crippen LogP contribution in [0.4, 0.5) is 5.69 Å². The van der Waals surface area contributed by atoms with E-state index in [4.69, 9.17) is 18.6 Å². The molecule has 0 spiro atoms. The van der Waals surface area contributed by atoms with Crippen LogP contribution >= 0.6 is 0 Å². The molecule has 4 aromatic rings. The fourth-order valence-corrected chi connectivity index (χ4v) is 5.15. The first-order valence-corrected chi connectivity index (χ1v) is 13.9.